The monoisotopic (exact) mass is 464 g/mol. The van der Waals surface area contributed by atoms with Gasteiger partial charge in [0.05, 0.1) is 17.0 Å². The first-order chi connectivity index (χ1) is 16.5. The number of alkyl halides is 3. The fraction of sp³-hybridized carbons (Fsp3) is 0.464. The lowest BCUT2D eigenvalue weighted by Gasteiger charge is -2.31. The van der Waals surface area contributed by atoms with E-state index in [0.717, 1.165) is 54.0 Å². The molecule has 0 saturated heterocycles. The minimum Gasteiger partial charge on any atom is -0.278 e. The van der Waals surface area contributed by atoms with Gasteiger partial charge in [-0.3, -0.25) is 5.43 Å². The molecule has 0 aromatic heterocycles. The van der Waals surface area contributed by atoms with Crippen molar-refractivity contribution < 1.29 is 13.2 Å². The molecule has 1 atom stereocenters. The molecule has 0 amide bonds. The predicted octanol–water partition coefficient (Wildman–Crippen LogP) is 6.82. The van der Waals surface area contributed by atoms with Crippen LogP contribution in [0, 0.1) is 5.92 Å². The van der Waals surface area contributed by atoms with E-state index >= 15 is 0 Å². The van der Waals surface area contributed by atoms with E-state index < -0.39 is 11.7 Å². The molecule has 1 aliphatic heterocycles. The average Bonchev–Trinajstić information content (AvgIpc) is 3.32. The van der Waals surface area contributed by atoms with Gasteiger partial charge in [-0.2, -0.15) is 18.3 Å². The molecule has 2 fully saturated rings. The van der Waals surface area contributed by atoms with E-state index in [1.165, 1.54) is 69.0 Å². The van der Waals surface area contributed by atoms with Crippen molar-refractivity contribution in [3.63, 3.8) is 0 Å². The molecule has 34 heavy (non-hydrogen) atoms. The van der Waals surface area contributed by atoms with Gasteiger partial charge in [-0.05, 0) is 48.1 Å². The Labute approximate surface area is 201 Å². The van der Waals surface area contributed by atoms with Gasteiger partial charge in [-0.1, -0.05) is 92.6 Å². The second-order valence-electron chi connectivity index (χ2n) is 10.1. The molecule has 2 aliphatic carbocycles. The van der Waals surface area contributed by atoms with E-state index in [4.69, 9.17) is 5.10 Å². The molecule has 2 saturated carbocycles. The second kappa shape index (κ2) is 10.0. The molecule has 0 spiro atoms. The van der Waals surface area contributed by atoms with Crippen LogP contribution in [0.25, 0.3) is 5.70 Å². The first kappa shape index (κ1) is 23.3. The van der Waals surface area contributed by atoms with Crippen LogP contribution >= 0.6 is 0 Å². The van der Waals surface area contributed by atoms with E-state index in [2.05, 4.69) is 29.7 Å². The summed E-state index contributed by atoms with van der Waals surface area (Å²) in [6, 6.07) is 14.4. The summed E-state index contributed by atoms with van der Waals surface area (Å²) < 4.78 is 39.2. The second-order valence-corrected chi connectivity index (χ2v) is 10.1. The quantitative estimate of drug-likeness (QED) is 0.494. The molecule has 2 aromatic carbocycles. The van der Waals surface area contributed by atoms with Gasteiger partial charge in [0.2, 0.25) is 0 Å². The summed E-state index contributed by atoms with van der Waals surface area (Å²) in [7, 11) is 1.17. The Morgan fingerprint density at radius 2 is 1.41 bits per heavy atom. The topological polar surface area (TPSA) is 24.4 Å². The number of benzene rings is 2. The van der Waals surface area contributed by atoms with Gasteiger partial charge in [0.15, 0.2) is 7.28 Å². The number of nitrogens with zero attached hydrogens (tertiary/aromatic N) is 1. The third kappa shape index (κ3) is 5.11. The van der Waals surface area contributed by atoms with Gasteiger partial charge in [0.1, 0.15) is 0 Å². The van der Waals surface area contributed by atoms with Crippen molar-refractivity contribution in [2.45, 2.75) is 76.2 Å². The van der Waals surface area contributed by atoms with Crippen LogP contribution in [0.1, 0.15) is 80.9 Å². The maximum absolute atomic E-state index is 13.1. The number of hydrazone groups is 1. The minimum atomic E-state index is -4.33. The Morgan fingerprint density at radius 3 is 2.12 bits per heavy atom. The number of hydrogen-bond donors (Lipinski definition) is 1. The molecule has 6 heteroatoms. The summed E-state index contributed by atoms with van der Waals surface area (Å²) in [6.45, 7) is 0. The standard InChI is InChI=1S/C28H32BF3N2/c30-28(31,32)21-15-11-19(12-16-21)26-24-9-3-1-2-4-10-25(24)27(34-33-26)20-13-17-23(18-14-20)29-22-7-5-6-8-22/h11-18,22,24,29,34H,1-10H2. The Hall–Kier alpha value is -2.50. The van der Waals surface area contributed by atoms with Crippen molar-refractivity contribution in [1.82, 2.24) is 5.43 Å². The zero-order chi connectivity index (χ0) is 23.5. The zero-order valence-electron chi connectivity index (χ0n) is 19.6. The molecule has 1 N–H and O–H groups in total. The molecular formula is C28H32BF3N2. The van der Waals surface area contributed by atoms with Crippen LogP contribution in [-0.2, 0) is 6.18 Å². The number of halogens is 3. The van der Waals surface area contributed by atoms with Crippen molar-refractivity contribution in [1.29, 1.82) is 0 Å². The maximum Gasteiger partial charge on any atom is 0.416 e. The van der Waals surface area contributed by atoms with Gasteiger partial charge >= 0.3 is 6.18 Å². The molecule has 0 radical (unpaired) electrons. The number of fused-ring (bicyclic) bond motifs is 1. The van der Waals surface area contributed by atoms with Gasteiger partial charge < -0.3 is 0 Å². The molecule has 5 rings (SSSR count). The van der Waals surface area contributed by atoms with Crippen LogP contribution in [0.5, 0.6) is 0 Å². The lowest BCUT2D eigenvalue weighted by atomic mass is 9.58. The highest BCUT2D eigenvalue weighted by atomic mass is 19.4. The summed E-state index contributed by atoms with van der Waals surface area (Å²) in [5.74, 6) is 0.970. The molecule has 2 nitrogen and oxygen atoms in total. The van der Waals surface area contributed by atoms with Crippen molar-refractivity contribution in [2.75, 3.05) is 0 Å². The lowest BCUT2D eigenvalue weighted by molar-refractivity contribution is -0.137. The van der Waals surface area contributed by atoms with Crippen molar-refractivity contribution in [3.05, 3.63) is 70.8 Å². The van der Waals surface area contributed by atoms with Crippen molar-refractivity contribution in [3.8, 4) is 0 Å². The lowest BCUT2D eigenvalue weighted by Crippen LogP contribution is -2.30. The molecule has 1 heterocycles. The van der Waals surface area contributed by atoms with Crippen LogP contribution in [0.2, 0.25) is 5.82 Å². The molecule has 2 aromatic rings. The van der Waals surface area contributed by atoms with Gasteiger partial charge in [0, 0.05) is 5.92 Å². The van der Waals surface area contributed by atoms with Crippen molar-refractivity contribution >= 4 is 24.2 Å². The fourth-order valence-corrected chi connectivity index (χ4v) is 5.93. The van der Waals surface area contributed by atoms with Crippen molar-refractivity contribution in [2.24, 2.45) is 11.0 Å². The number of allylic oxidation sites excluding steroid dienone is 1. The predicted molar refractivity (Wildman–Crippen MR) is 135 cm³/mol. The largest absolute Gasteiger partial charge is 0.416 e. The SMILES string of the molecule is FC(F)(F)c1ccc(C2=NNC(c3ccc(BC4CCCC4)cc3)=C3CCCCCCC23)cc1. The number of nitrogens with one attached hydrogen (secondary N) is 1. The van der Waals surface area contributed by atoms with E-state index in [9.17, 15) is 13.2 Å². The van der Waals surface area contributed by atoms with Gasteiger partial charge in [0.25, 0.3) is 0 Å². The maximum atomic E-state index is 13.1. The molecular weight excluding hydrogens is 432 g/mol. The average molecular weight is 464 g/mol. The minimum absolute atomic E-state index is 0.145. The number of rotatable bonds is 4. The highest BCUT2D eigenvalue weighted by Gasteiger charge is 2.32. The summed E-state index contributed by atoms with van der Waals surface area (Å²) in [5.41, 5.74) is 9.35. The van der Waals surface area contributed by atoms with E-state index in [-0.39, 0.29) is 5.92 Å². The first-order valence-corrected chi connectivity index (χ1v) is 12.8. The summed E-state index contributed by atoms with van der Waals surface area (Å²) in [6.07, 6.45) is 7.75. The molecule has 0 bridgehead atoms. The highest BCUT2D eigenvalue weighted by Crippen LogP contribution is 2.38. The van der Waals surface area contributed by atoms with Crippen LogP contribution in [-0.4, -0.2) is 13.0 Å². The van der Waals surface area contributed by atoms with E-state index in [1.54, 1.807) is 12.1 Å². The van der Waals surface area contributed by atoms with Gasteiger partial charge in [-0.25, -0.2) is 0 Å². The zero-order valence-corrected chi connectivity index (χ0v) is 19.6. The van der Waals surface area contributed by atoms with Crippen LogP contribution < -0.4 is 10.9 Å². The summed E-state index contributed by atoms with van der Waals surface area (Å²) >= 11 is 0. The normalized spacial score (nSPS) is 21.9. The summed E-state index contributed by atoms with van der Waals surface area (Å²) in [4.78, 5) is 0. The van der Waals surface area contributed by atoms with Crippen LogP contribution in [0.4, 0.5) is 13.2 Å². The molecule has 178 valence electrons. The Morgan fingerprint density at radius 1 is 0.765 bits per heavy atom. The number of hydrogen-bond acceptors (Lipinski definition) is 2. The Kier molecular flexibility index (Phi) is 6.85. The Balaban J connectivity index is 1.42. The van der Waals surface area contributed by atoms with Crippen LogP contribution in [0.15, 0.2) is 59.2 Å². The smallest absolute Gasteiger partial charge is 0.278 e. The first-order valence-electron chi connectivity index (χ1n) is 12.8. The van der Waals surface area contributed by atoms with E-state index in [0.29, 0.717) is 0 Å². The van der Waals surface area contributed by atoms with Crippen LogP contribution in [0.3, 0.4) is 0 Å². The third-order valence-corrected chi connectivity index (χ3v) is 7.80. The molecule has 3 aliphatic rings. The molecule has 1 unspecified atom stereocenters. The fourth-order valence-electron chi connectivity index (χ4n) is 5.93. The highest BCUT2D eigenvalue weighted by molar-refractivity contribution is 6.55. The Bertz CT molecular complexity index is 1050. The van der Waals surface area contributed by atoms with Gasteiger partial charge in [-0.15, -0.1) is 0 Å². The summed E-state index contributed by atoms with van der Waals surface area (Å²) in [5, 5.41) is 4.74. The van der Waals surface area contributed by atoms with E-state index in [1.807, 2.05) is 0 Å². The third-order valence-electron chi connectivity index (χ3n) is 7.80.